The van der Waals surface area contributed by atoms with Crippen LogP contribution in [0.2, 0.25) is 0 Å². The molecule has 6 heteroatoms. The SMILES string of the molecule is CC(=O)c1cc(N)c([N+](=O)[O-])cc1I. The number of carbonyl (C=O) groups excluding carboxylic acids is 1. The summed E-state index contributed by atoms with van der Waals surface area (Å²) in [5.74, 6) is -0.156. The Morgan fingerprint density at radius 1 is 1.57 bits per heavy atom. The van der Waals surface area contributed by atoms with Crippen molar-refractivity contribution in [3.8, 4) is 0 Å². The topological polar surface area (TPSA) is 86.2 Å². The first-order valence-electron chi connectivity index (χ1n) is 3.68. The number of Topliss-reactive ketones (excluding diaryl/α,β-unsaturated/α-hetero) is 1. The van der Waals surface area contributed by atoms with Crippen LogP contribution >= 0.6 is 22.6 Å². The molecule has 2 N–H and O–H groups in total. The smallest absolute Gasteiger partial charge is 0.293 e. The van der Waals surface area contributed by atoms with Gasteiger partial charge in [0.25, 0.3) is 5.69 Å². The van der Waals surface area contributed by atoms with Crippen LogP contribution in [-0.4, -0.2) is 10.7 Å². The number of nitrogens with two attached hydrogens (primary N) is 1. The minimum atomic E-state index is -0.568. The van der Waals surface area contributed by atoms with Gasteiger partial charge >= 0.3 is 0 Å². The second kappa shape index (κ2) is 3.91. The Kier molecular flexibility index (Phi) is 3.04. The fourth-order valence-electron chi connectivity index (χ4n) is 1.01. The van der Waals surface area contributed by atoms with Gasteiger partial charge < -0.3 is 5.73 Å². The van der Waals surface area contributed by atoms with Crippen LogP contribution in [0.1, 0.15) is 17.3 Å². The summed E-state index contributed by atoms with van der Waals surface area (Å²) in [4.78, 5) is 21.0. The van der Waals surface area contributed by atoms with Crippen LogP contribution in [0.3, 0.4) is 0 Å². The number of nitrogen functional groups attached to an aromatic ring is 1. The minimum Gasteiger partial charge on any atom is -0.393 e. The summed E-state index contributed by atoms with van der Waals surface area (Å²) in [6, 6.07) is 2.63. The summed E-state index contributed by atoms with van der Waals surface area (Å²) in [7, 11) is 0. The van der Waals surface area contributed by atoms with Gasteiger partial charge in [0.1, 0.15) is 5.69 Å². The molecule has 74 valence electrons. The maximum atomic E-state index is 11.1. The second-order valence-corrected chi connectivity index (χ2v) is 3.87. The van der Waals surface area contributed by atoms with E-state index in [0.29, 0.717) is 9.13 Å². The Hall–Kier alpha value is -1.18. The summed E-state index contributed by atoms with van der Waals surface area (Å²) in [6.45, 7) is 1.39. The van der Waals surface area contributed by atoms with Crippen LogP contribution < -0.4 is 5.73 Å². The van der Waals surface area contributed by atoms with Gasteiger partial charge in [-0.25, -0.2) is 0 Å². The average Bonchev–Trinajstić information content (AvgIpc) is 2.07. The van der Waals surface area contributed by atoms with Crippen LogP contribution in [0.4, 0.5) is 11.4 Å². The molecule has 0 amide bonds. The van der Waals surface area contributed by atoms with E-state index in [0.717, 1.165) is 0 Å². The molecule has 0 fully saturated rings. The third kappa shape index (κ3) is 2.00. The van der Waals surface area contributed by atoms with Crippen molar-refractivity contribution < 1.29 is 9.72 Å². The Labute approximate surface area is 93.6 Å². The first-order valence-corrected chi connectivity index (χ1v) is 4.75. The van der Waals surface area contributed by atoms with E-state index in [2.05, 4.69) is 0 Å². The van der Waals surface area contributed by atoms with Crippen LogP contribution in [0.25, 0.3) is 0 Å². The molecule has 1 aromatic carbocycles. The van der Waals surface area contributed by atoms with Gasteiger partial charge in [0.2, 0.25) is 0 Å². The van der Waals surface area contributed by atoms with Gasteiger partial charge in [0, 0.05) is 15.2 Å². The molecule has 0 aliphatic rings. The molecule has 0 saturated carbocycles. The lowest BCUT2D eigenvalue weighted by atomic mass is 10.1. The molecule has 0 atom stereocenters. The number of hydrogen-bond acceptors (Lipinski definition) is 4. The molecule has 0 saturated heterocycles. The van der Waals surface area contributed by atoms with Gasteiger partial charge in [-0.15, -0.1) is 0 Å². The number of nitro groups is 1. The Bertz CT molecular complexity index is 378. The van der Waals surface area contributed by atoms with Crippen molar-refractivity contribution in [2.75, 3.05) is 5.73 Å². The average molecular weight is 306 g/mol. The molecule has 0 radical (unpaired) electrons. The highest BCUT2D eigenvalue weighted by molar-refractivity contribution is 14.1. The quantitative estimate of drug-likeness (QED) is 0.298. The van der Waals surface area contributed by atoms with Crippen LogP contribution in [0.15, 0.2) is 12.1 Å². The monoisotopic (exact) mass is 306 g/mol. The third-order valence-corrected chi connectivity index (χ3v) is 2.58. The highest BCUT2D eigenvalue weighted by atomic mass is 127. The van der Waals surface area contributed by atoms with Crippen molar-refractivity contribution in [1.82, 2.24) is 0 Å². The summed E-state index contributed by atoms with van der Waals surface area (Å²) >= 11 is 1.87. The summed E-state index contributed by atoms with van der Waals surface area (Å²) < 4.78 is 0.538. The molecule has 1 aromatic rings. The molecule has 0 heterocycles. The number of carbonyl (C=O) groups is 1. The largest absolute Gasteiger partial charge is 0.393 e. The van der Waals surface area contributed by atoms with E-state index in [1.165, 1.54) is 19.1 Å². The molecule has 0 bridgehead atoms. The van der Waals surface area contributed by atoms with Gasteiger partial charge in [0.05, 0.1) is 4.92 Å². The molecule has 0 aromatic heterocycles. The van der Waals surface area contributed by atoms with Gasteiger partial charge in [-0.05, 0) is 35.6 Å². The maximum Gasteiger partial charge on any atom is 0.293 e. The molecular formula is C8H7IN2O3. The first kappa shape index (κ1) is 10.9. The lowest BCUT2D eigenvalue weighted by molar-refractivity contribution is -0.384. The van der Waals surface area contributed by atoms with E-state index in [1.54, 1.807) is 0 Å². The molecule has 0 aliphatic heterocycles. The number of ketones is 1. The van der Waals surface area contributed by atoms with Crippen molar-refractivity contribution in [3.05, 3.63) is 31.4 Å². The minimum absolute atomic E-state index is 0.0145. The summed E-state index contributed by atoms with van der Waals surface area (Å²) in [6.07, 6.45) is 0. The molecule has 5 nitrogen and oxygen atoms in total. The Balaban J connectivity index is 3.38. The number of benzene rings is 1. The zero-order chi connectivity index (χ0) is 10.9. The third-order valence-electron chi connectivity index (χ3n) is 1.69. The Morgan fingerprint density at radius 2 is 2.14 bits per heavy atom. The first-order chi connectivity index (χ1) is 6.43. The molecule has 1 rings (SSSR count). The standard InChI is InChI=1S/C8H7IN2O3/c1-4(12)5-2-7(10)8(11(13)14)3-6(5)9/h2-3H,10H2,1H3. The second-order valence-electron chi connectivity index (χ2n) is 2.70. The number of hydrogen-bond donors (Lipinski definition) is 1. The summed E-state index contributed by atoms with van der Waals surface area (Å²) in [5, 5.41) is 10.5. The maximum absolute atomic E-state index is 11.1. The van der Waals surface area contributed by atoms with E-state index < -0.39 is 4.92 Å². The molecule has 0 aliphatic carbocycles. The van der Waals surface area contributed by atoms with E-state index in [9.17, 15) is 14.9 Å². The van der Waals surface area contributed by atoms with E-state index in [1.807, 2.05) is 22.6 Å². The predicted molar refractivity (Wildman–Crippen MR) is 60.2 cm³/mol. The van der Waals surface area contributed by atoms with Crippen molar-refractivity contribution in [2.24, 2.45) is 0 Å². The number of halogens is 1. The van der Waals surface area contributed by atoms with Crippen molar-refractivity contribution in [2.45, 2.75) is 6.92 Å². The van der Waals surface area contributed by atoms with Gasteiger partial charge in [-0.2, -0.15) is 0 Å². The van der Waals surface area contributed by atoms with Crippen LogP contribution in [-0.2, 0) is 0 Å². The fraction of sp³-hybridized carbons (Fsp3) is 0.125. The van der Waals surface area contributed by atoms with E-state index in [4.69, 9.17) is 5.73 Å². The summed E-state index contributed by atoms with van der Waals surface area (Å²) in [5.41, 5.74) is 5.69. The normalized spacial score (nSPS) is 9.86. The molecule has 14 heavy (non-hydrogen) atoms. The molecule has 0 unspecified atom stereocenters. The van der Waals surface area contributed by atoms with E-state index >= 15 is 0 Å². The predicted octanol–water partition coefficient (Wildman–Crippen LogP) is 1.98. The van der Waals surface area contributed by atoms with Crippen LogP contribution in [0.5, 0.6) is 0 Å². The highest BCUT2D eigenvalue weighted by Gasteiger charge is 2.16. The Morgan fingerprint density at radius 3 is 2.57 bits per heavy atom. The van der Waals surface area contributed by atoms with Gasteiger partial charge in [-0.1, -0.05) is 0 Å². The van der Waals surface area contributed by atoms with Gasteiger partial charge in [0.15, 0.2) is 5.78 Å². The van der Waals surface area contributed by atoms with E-state index in [-0.39, 0.29) is 17.2 Å². The molecule has 0 spiro atoms. The zero-order valence-corrected chi connectivity index (χ0v) is 9.44. The number of rotatable bonds is 2. The number of anilines is 1. The zero-order valence-electron chi connectivity index (χ0n) is 7.28. The van der Waals surface area contributed by atoms with Crippen molar-refractivity contribution in [1.29, 1.82) is 0 Å². The van der Waals surface area contributed by atoms with Gasteiger partial charge in [-0.3, -0.25) is 14.9 Å². The van der Waals surface area contributed by atoms with Crippen LogP contribution in [0, 0.1) is 13.7 Å². The lowest BCUT2D eigenvalue weighted by Gasteiger charge is -2.02. The van der Waals surface area contributed by atoms with Crippen molar-refractivity contribution >= 4 is 39.7 Å². The number of nitro benzene ring substituents is 1. The highest BCUT2D eigenvalue weighted by Crippen LogP contribution is 2.26. The number of nitrogens with zero attached hydrogens (tertiary/aromatic N) is 1. The fourth-order valence-corrected chi connectivity index (χ4v) is 1.84. The van der Waals surface area contributed by atoms with Crippen molar-refractivity contribution in [3.63, 3.8) is 0 Å². The lowest BCUT2D eigenvalue weighted by Crippen LogP contribution is -2.02. The molecular weight excluding hydrogens is 299 g/mol.